The molecule has 0 atom stereocenters. The van der Waals surface area contributed by atoms with Crippen molar-refractivity contribution in [3.05, 3.63) is 76.1 Å². The monoisotopic (exact) mass is 341 g/mol. The second-order valence-electron chi connectivity index (χ2n) is 4.90. The molecule has 2 N–H and O–H groups in total. The molecule has 1 aromatic heterocycles. The molecule has 0 radical (unpaired) electrons. The summed E-state index contributed by atoms with van der Waals surface area (Å²) < 4.78 is 11.1. The van der Waals surface area contributed by atoms with Crippen LogP contribution in [0, 0.1) is 11.8 Å². The number of benzene rings is 2. The van der Waals surface area contributed by atoms with E-state index < -0.39 is 0 Å². The second kappa shape index (κ2) is 8.21. The molecule has 0 spiro atoms. The molecule has 1 heterocycles. The van der Waals surface area contributed by atoms with Gasteiger partial charge in [0.15, 0.2) is 5.43 Å². The Morgan fingerprint density at radius 1 is 1.08 bits per heavy atom. The van der Waals surface area contributed by atoms with Crippen LogP contribution in [0.4, 0.5) is 0 Å². The zero-order valence-electron chi connectivity index (χ0n) is 12.8. The van der Waals surface area contributed by atoms with Crippen molar-refractivity contribution in [2.24, 2.45) is 5.73 Å². The molecule has 2 aromatic carbocycles. The van der Waals surface area contributed by atoms with Crippen LogP contribution < -0.4 is 15.9 Å². The molecule has 24 heavy (non-hydrogen) atoms. The Kier molecular flexibility index (Phi) is 6.02. The van der Waals surface area contributed by atoms with Crippen LogP contribution in [0.15, 0.2) is 63.8 Å². The highest BCUT2D eigenvalue weighted by atomic mass is 35.5. The Morgan fingerprint density at radius 2 is 1.88 bits per heavy atom. The van der Waals surface area contributed by atoms with Gasteiger partial charge in [-0.1, -0.05) is 30.0 Å². The number of ether oxygens (including phenoxy) is 1. The normalized spacial score (nSPS) is 9.71. The van der Waals surface area contributed by atoms with Gasteiger partial charge in [0.25, 0.3) is 0 Å². The van der Waals surface area contributed by atoms with Crippen LogP contribution in [0.2, 0.25) is 0 Å². The van der Waals surface area contributed by atoms with Crippen molar-refractivity contribution >= 4 is 23.4 Å². The third-order valence-corrected chi connectivity index (χ3v) is 3.27. The van der Waals surface area contributed by atoms with Crippen LogP contribution >= 0.6 is 12.4 Å². The summed E-state index contributed by atoms with van der Waals surface area (Å²) in [5, 5.41) is 0.505. The summed E-state index contributed by atoms with van der Waals surface area (Å²) in [7, 11) is 0. The van der Waals surface area contributed by atoms with Gasteiger partial charge in [-0.05, 0) is 24.3 Å². The first-order valence-corrected chi connectivity index (χ1v) is 7.20. The maximum Gasteiger partial charge on any atom is 0.193 e. The Hall–Kier alpha value is -2.74. The van der Waals surface area contributed by atoms with Crippen LogP contribution in [0.25, 0.3) is 11.0 Å². The van der Waals surface area contributed by atoms with Crippen LogP contribution in [-0.2, 0) is 6.54 Å². The topological polar surface area (TPSA) is 65.5 Å². The highest BCUT2D eigenvalue weighted by molar-refractivity contribution is 5.85. The van der Waals surface area contributed by atoms with Gasteiger partial charge >= 0.3 is 0 Å². The summed E-state index contributed by atoms with van der Waals surface area (Å²) in [6.07, 6.45) is 0. The minimum absolute atomic E-state index is 0. The molecule has 0 saturated carbocycles. The minimum atomic E-state index is -0.109. The lowest BCUT2D eigenvalue weighted by Crippen LogP contribution is -2.05. The van der Waals surface area contributed by atoms with Crippen LogP contribution in [-0.4, -0.2) is 6.61 Å². The van der Waals surface area contributed by atoms with Crippen LogP contribution in [0.5, 0.6) is 5.75 Å². The summed E-state index contributed by atoms with van der Waals surface area (Å²) in [4.78, 5) is 11.9. The quantitative estimate of drug-likeness (QED) is 0.743. The largest absolute Gasteiger partial charge is 0.481 e. The number of nitrogens with two attached hydrogens (primary N) is 1. The predicted octanol–water partition coefficient (Wildman–Crippen LogP) is 3.10. The highest BCUT2D eigenvalue weighted by Gasteiger charge is 2.05. The molecule has 3 rings (SSSR count). The van der Waals surface area contributed by atoms with E-state index in [1.807, 2.05) is 30.3 Å². The summed E-state index contributed by atoms with van der Waals surface area (Å²) in [6.45, 7) is 0.431. The number of halogens is 1. The van der Waals surface area contributed by atoms with E-state index in [0.717, 1.165) is 5.56 Å². The number of hydrogen-bond acceptors (Lipinski definition) is 4. The molecular weight excluding hydrogens is 326 g/mol. The fourth-order valence-electron chi connectivity index (χ4n) is 2.15. The molecule has 0 aliphatic carbocycles. The summed E-state index contributed by atoms with van der Waals surface area (Å²) in [6, 6.07) is 16.2. The summed E-state index contributed by atoms with van der Waals surface area (Å²) in [5.74, 6) is 7.00. The molecule has 0 unspecified atom stereocenters. The number of fused-ring (bicyclic) bond motifs is 1. The first-order valence-electron chi connectivity index (χ1n) is 7.20. The van der Waals surface area contributed by atoms with Gasteiger partial charge in [0.1, 0.15) is 23.7 Å². The van der Waals surface area contributed by atoms with Crippen molar-refractivity contribution in [2.75, 3.05) is 6.61 Å². The van der Waals surface area contributed by atoms with Gasteiger partial charge < -0.3 is 14.9 Å². The molecule has 4 nitrogen and oxygen atoms in total. The van der Waals surface area contributed by atoms with E-state index in [4.69, 9.17) is 14.9 Å². The minimum Gasteiger partial charge on any atom is -0.481 e. The maximum atomic E-state index is 11.9. The molecule has 0 aliphatic rings. The first-order chi connectivity index (χ1) is 11.3. The third kappa shape index (κ3) is 4.17. The molecule has 0 saturated heterocycles. The molecule has 0 amide bonds. The van der Waals surface area contributed by atoms with Crippen molar-refractivity contribution in [2.45, 2.75) is 6.54 Å². The Labute approximate surface area is 145 Å². The number of hydrogen-bond donors (Lipinski definition) is 1. The Balaban J connectivity index is 0.00000208. The van der Waals surface area contributed by atoms with Crippen molar-refractivity contribution in [1.82, 2.24) is 0 Å². The van der Waals surface area contributed by atoms with E-state index in [0.29, 0.717) is 22.5 Å². The lowest BCUT2D eigenvalue weighted by molar-refractivity contribution is 0.370. The van der Waals surface area contributed by atoms with Crippen molar-refractivity contribution in [3.63, 3.8) is 0 Å². The van der Waals surface area contributed by atoms with E-state index >= 15 is 0 Å². The van der Waals surface area contributed by atoms with Gasteiger partial charge in [-0.25, -0.2) is 0 Å². The van der Waals surface area contributed by atoms with E-state index in [2.05, 4.69) is 11.8 Å². The average Bonchev–Trinajstić information content (AvgIpc) is 2.59. The van der Waals surface area contributed by atoms with E-state index in [-0.39, 0.29) is 31.0 Å². The van der Waals surface area contributed by atoms with Gasteiger partial charge in [0, 0.05) is 17.7 Å². The van der Waals surface area contributed by atoms with Gasteiger partial charge in [-0.3, -0.25) is 4.79 Å². The van der Waals surface area contributed by atoms with Crippen molar-refractivity contribution in [1.29, 1.82) is 0 Å². The van der Waals surface area contributed by atoms with Gasteiger partial charge in [-0.2, -0.15) is 0 Å². The molecule has 0 bridgehead atoms. The smallest absolute Gasteiger partial charge is 0.193 e. The number of rotatable bonds is 3. The second-order valence-corrected chi connectivity index (χ2v) is 4.90. The van der Waals surface area contributed by atoms with Gasteiger partial charge in [0.2, 0.25) is 0 Å². The van der Waals surface area contributed by atoms with Crippen molar-refractivity contribution in [3.8, 4) is 17.6 Å². The highest BCUT2D eigenvalue weighted by Crippen LogP contribution is 2.19. The fraction of sp³-hybridized carbons (Fsp3) is 0.105. The van der Waals surface area contributed by atoms with Crippen LogP contribution in [0.3, 0.4) is 0 Å². The van der Waals surface area contributed by atoms with Gasteiger partial charge in [0.05, 0.1) is 11.9 Å². The zero-order chi connectivity index (χ0) is 16.1. The Morgan fingerprint density at radius 3 is 2.62 bits per heavy atom. The summed E-state index contributed by atoms with van der Waals surface area (Å²) in [5.41, 5.74) is 6.81. The standard InChI is InChI=1S/C19H15NO3.ClH/c20-13-16-11-18(21)17-9-8-15(12-19(17)23-16)22-10-4-7-14-5-2-1-3-6-14;/h1-3,5-6,8-9,11-12H,10,13,20H2;1H. The van der Waals surface area contributed by atoms with E-state index in [9.17, 15) is 4.79 Å². The molecule has 3 aromatic rings. The molecule has 122 valence electrons. The fourth-order valence-corrected chi connectivity index (χ4v) is 2.15. The molecule has 0 fully saturated rings. The Bertz CT molecular complexity index is 939. The summed E-state index contributed by atoms with van der Waals surface area (Å²) >= 11 is 0. The van der Waals surface area contributed by atoms with Gasteiger partial charge in [-0.15, -0.1) is 12.4 Å². The van der Waals surface area contributed by atoms with E-state index in [1.54, 1.807) is 18.2 Å². The van der Waals surface area contributed by atoms with Crippen LogP contribution in [0.1, 0.15) is 11.3 Å². The molecular formula is C19H16ClNO3. The molecule has 0 aliphatic heterocycles. The molecule has 5 heteroatoms. The third-order valence-electron chi connectivity index (χ3n) is 3.27. The lowest BCUT2D eigenvalue weighted by atomic mass is 10.2. The average molecular weight is 342 g/mol. The predicted molar refractivity (Wildman–Crippen MR) is 96.4 cm³/mol. The lowest BCUT2D eigenvalue weighted by Gasteiger charge is -2.04. The van der Waals surface area contributed by atoms with Crippen molar-refractivity contribution < 1.29 is 9.15 Å². The first kappa shape index (κ1) is 17.6. The van der Waals surface area contributed by atoms with E-state index in [1.165, 1.54) is 6.07 Å². The zero-order valence-corrected chi connectivity index (χ0v) is 13.6. The maximum absolute atomic E-state index is 11.9. The SMILES string of the molecule is Cl.NCc1cc(=O)c2ccc(OCC#Cc3ccccc3)cc2o1.